The zero-order chi connectivity index (χ0) is 22.8. The Bertz CT molecular complexity index is 1080. The van der Waals surface area contributed by atoms with E-state index in [0.29, 0.717) is 24.9 Å². The van der Waals surface area contributed by atoms with E-state index in [1.54, 1.807) is 0 Å². The summed E-state index contributed by atoms with van der Waals surface area (Å²) in [5.74, 6) is -1.29. The molecule has 2 aromatic carbocycles. The molecule has 1 amide bonds. The number of fused-ring (bicyclic) bond motifs is 1. The maximum Gasteiger partial charge on any atom is 0.418 e. The van der Waals surface area contributed by atoms with E-state index >= 15 is 0 Å². The van der Waals surface area contributed by atoms with Crippen molar-refractivity contribution >= 4 is 16.9 Å². The van der Waals surface area contributed by atoms with Gasteiger partial charge in [-0.1, -0.05) is 12.1 Å². The van der Waals surface area contributed by atoms with E-state index in [0.717, 1.165) is 22.8 Å². The zero-order valence-electron chi connectivity index (χ0n) is 16.8. The minimum Gasteiger partial charge on any atom is -0.348 e. The van der Waals surface area contributed by atoms with Gasteiger partial charge in [-0.2, -0.15) is 13.2 Å². The molecule has 0 radical (unpaired) electrons. The van der Waals surface area contributed by atoms with E-state index in [1.165, 1.54) is 25.2 Å². The summed E-state index contributed by atoms with van der Waals surface area (Å²) in [5, 5.41) is 2.61. The predicted molar refractivity (Wildman–Crippen MR) is 110 cm³/mol. The minimum absolute atomic E-state index is 0.00855. The summed E-state index contributed by atoms with van der Waals surface area (Å²) in [5.41, 5.74) is 10.8. The number of rotatable bonds is 7. The summed E-state index contributed by atoms with van der Waals surface area (Å²) < 4.78 is 55.8. The third kappa shape index (κ3) is 5.02. The first kappa shape index (κ1) is 22.7. The summed E-state index contributed by atoms with van der Waals surface area (Å²) in [6.45, 7) is 0.623. The Morgan fingerprint density at radius 1 is 1.19 bits per heavy atom. The van der Waals surface area contributed by atoms with E-state index in [2.05, 4.69) is 10.3 Å². The van der Waals surface area contributed by atoms with Gasteiger partial charge >= 0.3 is 6.18 Å². The summed E-state index contributed by atoms with van der Waals surface area (Å²) in [6.07, 6.45) is -3.37. The van der Waals surface area contributed by atoms with Crippen molar-refractivity contribution in [2.24, 2.45) is 18.5 Å². The highest BCUT2D eigenvalue weighted by atomic mass is 19.4. The van der Waals surface area contributed by atoms with Gasteiger partial charge in [0.15, 0.2) is 5.82 Å². The van der Waals surface area contributed by atoms with Gasteiger partial charge in [0.05, 0.1) is 16.6 Å². The van der Waals surface area contributed by atoms with Crippen LogP contribution in [0, 0.1) is 5.82 Å². The standard InChI is InChI=1S/C21H23F4N5O/c1-30-18-16(21(23,24)25)9-13(12-4-6-14(22)7-5-12)10-17(18)29-19(30)20(31)28-11-15(27)3-2-8-26/h4-7,9-10,15H,2-3,8,11,26-27H2,1H3,(H,28,31)/t15-/m0/s1. The zero-order valence-corrected chi connectivity index (χ0v) is 16.8. The first-order valence-electron chi connectivity index (χ1n) is 9.69. The molecule has 0 bridgehead atoms. The van der Waals surface area contributed by atoms with Crippen LogP contribution < -0.4 is 16.8 Å². The molecule has 0 fully saturated rings. The molecule has 3 aromatic rings. The van der Waals surface area contributed by atoms with Crippen molar-refractivity contribution in [3.8, 4) is 11.1 Å². The third-order valence-electron chi connectivity index (χ3n) is 4.96. The van der Waals surface area contributed by atoms with Crippen LogP contribution in [0.3, 0.4) is 0 Å². The van der Waals surface area contributed by atoms with Crippen molar-refractivity contribution in [1.82, 2.24) is 14.9 Å². The number of nitrogens with one attached hydrogen (secondary N) is 1. The van der Waals surface area contributed by atoms with E-state index in [9.17, 15) is 22.4 Å². The van der Waals surface area contributed by atoms with Gasteiger partial charge in [-0.3, -0.25) is 4.79 Å². The van der Waals surface area contributed by atoms with Crippen molar-refractivity contribution in [2.75, 3.05) is 13.1 Å². The van der Waals surface area contributed by atoms with E-state index < -0.39 is 23.5 Å². The Balaban J connectivity index is 2.01. The van der Waals surface area contributed by atoms with Gasteiger partial charge in [-0.25, -0.2) is 9.37 Å². The van der Waals surface area contributed by atoms with Crippen LogP contribution in [0.5, 0.6) is 0 Å². The SMILES string of the molecule is Cn1c(C(=O)NC[C@@H](N)CCCN)nc2cc(-c3ccc(F)cc3)cc(C(F)(F)F)c21. The van der Waals surface area contributed by atoms with Crippen LogP contribution in [0.2, 0.25) is 0 Å². The highest BCUT2D eigenvalue weighted by Crippen LogP contribution is 2.38. The smallest absolute Gasteiger partial charge is 0.348 e. The fourth-order valence-corrected chi connectivity index (χ4v) is 3.37. The van der Waals surface area contributed by atoms with Crippen LogP contribution in [-0.4, -0.2) is 34.6 Å². The number of imidazole rings is 1. The molecule has 0 saturated heterocycles. The third-order valence-corrected chi connectivity index (χ3v) is 4.96. The van der Waals surface area contributed by atoms with Crippen LogP contribution in [0.1, 0.15) is 29.0 Å². The van der Waals surface area contributed by atoms with E-state index in [4.69, 9.17) is 11.5 Å². The summed E-state index contributed by atoms with van der Waals surface area (Å²) in [6, 6.07) is 7.20. The second kappa shape index (κ2) is 9.03. The number of aryl methyl sites for hydroxylation is 1. The Labute approximate surface area is 176 Å². The molecule has 5 N–H and O–H groups in total. The summed E-state index contributed by atoms with van der Waals surface area (Å²) in [7, 11) is 1.35. The predicted octanol–water partition coefficient (Wildman–Crippen LogP) is 3.19. The van der Waals surface area contributed by atoms with Crippen LogP contribution in [0.4, 0.5) is 17.6 Å². The molecule has 0 unspecified atom stereocenters. The van der Waals surface area contributed by atoms with Gasteiger partial charge in [0.1, 0.15) is 5.82 Å². The maximum absolute atomic E-state index is 13.8. The average Bonchev–Trinajstić information content (AvgIpc) is 3.06. The topological polar surface area (TPSA) is 99.0 Å². The number of benzene rings is 2. The Kier molecular flexibility index (Phi) is 6.61. The lowest BCUT2D eigenvalue weighted by Gasteiger charge is -2.13. The van der Waals surface area contributed by atoms with Crippen molar-refractivity contribution in [3.05, 3.63) is 53.6 Å². The number of amides is 1. The second-order valence-electron chi connectivity index (χ2n) is 7.29. The lowest BCUT2D eigenvalue weighted by atomic mass is 10.0. The summed E-state index contributed by atoms with van der Waals surface area (Å²) in [4.78, 5) is 16.7. The summed E-state index contributed by atoms with van der Waals surface area (Å²) >= 11 is 0. The molecule has 10 heteroatoms. The largest absolute Gasteiger partial charge is 0.418 e. The molecule has 0 aliphatic rings. The normalized spacial score (nSPS) is 12.9. The van der Waals surface area contributed by atoms with Crippen molar-refractivity contribution in [1.29, 1.82) is 0 Å². The first-order valence-corrected chi connectivity index (χ1v) is 9.69. The van der Waals surface area contributed by atoms with Crippen LogP contribution in [0.15, 0.2) is 36.4 Å². The van der Waals surface area contributed by atoms with E-state index in [1.807, 2.05) is 0 Å². The van der Waals surface area contributed by atoms with Gasteiger partial charge < -0.3 is 21.4 Å². The maximum atomic E-state index is 13.8. The Hall–Kier alpha value is -2.98. The molecule has 0 aliphatic carbocycles. The molecule has 31 heavy (non-hydrogen) atoms. The molecular formula is C21H23F4N5O. The van der Waals surface area contributed by atoms with Crippen LogP contribution in [0.25, 0.3) is 22.2 Å². The minimum atomic E-state index is -4.68. The number of carbonyl (C=O) groups excluding carboxylic acids is 1. The van der Waals surface area contributed by atoms with Crippen LogP contribution in [-0.2, 0) is 13.2 Å². The molecule has 1 atom stereocenters. The van der Waals surface area contributed by atoms with Crippen molar-refractivity contribution in [3.63, 3.8) is 0 Å². The highest BCUT2D eigenvalue weighted by molar-refractivity contribution is 5.96. The fourth-order valence-electron chi connectivity index (χ4n) is 3.37. The van der Waals surface area contributed by atoms with Crippen molar-refractivity contribution in [2.45, 2.75) is 25.1 Å². The Morgan fingerprint density at radius 3 is 2.48 bits per heavy atom. The monoisotopic (exact) mass is 437 g/mol. The van der Waals surface area contributed by atoms with Crippen LogP contribution >= 0.6 is 0 Å². The molecule has 166 valence electrons. The molecule has 0 aliphatic heterocycles. The molecule has 0 saturated carbocycles. The number of hydrogen-bond donors (Lipinski definition) is 3. The Morgan fingerprint density at radius 2 is 1.87 bits per heavy atom. The second-order valence-corrected chi connectivity index (χ2v) is 7.29. The molecular weight excluding hydrogens is 414 g/mol. The molecule has 0 spiro atoms. The van der Waals surface area contributed by atoms with Crippen molar-refractivity contribution < 1.29 is 22.4 Å². The van der Waals surface area contributed by atoms with Gasteiger partial charge in [0.25, 0.3) is 5.91 Å². The number of halogens is 4. The van der Waals surface area contributed by atoms with Gasteiger partial charge in [-0.15, -0.1) is 0 Å². The quantitative estimate of drug-likeness (QED) is 0.495. The van der Waals surface area contributed by atoms with E-state index in [-0.39, 0.29) is 35.0 Å². The molecule has 1 aromatic heterocycles. The van der Waals surface area contributed by atoms with Gasteiger partial charge in [-0.05, 0) is 54.8 Å². The van der Waals surface area contributed by atoms with Gasteiger partial charge in [0, 0.05) is 19.6 Å². The average molecular weight is 437 g/mol. The molecule has 6 nitrogen and oxygen atoms in total. The number of aromatic nitrogens is 2. The molecule has 3 rings (SSSR count). The molecule has 1 heterocycles. The number of alkyl halides is 3. The lowest BCUT2D eigenvalue weighted by Crippen LogP contribution is -2.38. The number of nitrogens with zero attached hydrogens (tertiary/aromatic N) is 2. The lowest BCUT2D eigenvalue weighted by molar-refractivity contribution is -0.136. The number of hydrogen-bond acceptors (Lipinski definition) is 4. The number of nitrogens with two attached hydrogens (primary N) is 2. The highest BCUT2D eigenvalue weighted by Gasteiger charge is 2.35. The number of carbonyl (C=O) groups is 1. The first-order chi connectivity index (χ1) is 14.6. The van der Waals surface area contributed by atoms with Gasteiger partial charge in [0.2, 0.25) is 0 Å². The fraction of sp³-hybridized carbons (Fsp3) is 0.333.